The maximum atomic E-state index is 12.1. The van der Waals surface area contributed by atoms with E-state index in [0.717, 1.165) is 0 Å². The maximum Gasteiger partial charge on any atom is 0.242 e. The number of benzene rings is 1. The van der Waals surface area contributed by atoms with E-state index in [1.54, 1.807) is 31.3 Å². The van der Waals surface area contributed by atoms with E-state index in [1.807, 2.05) is 0 Å². The lowest BCUT2D eigenvalue weighted by Gasteiger charge is -2.10. The molecule has 7 nitrogen and oxygen atoms in total. The Labute approximate surface area is 111 Å². The standard InChI is InChI=1S/C11H14N4O3S/c1-12-9-4-2-3-5-10(9)19(16,17)14-7-6-11-13-8-18-15-11/h2-5,8,12,14H,6-7H2,1H3. The molecule has 2 aromatic rings. The highest BCUT2D eigenvalue weighted by atomic mass is 32.2. The molecule has 0 fully saturated rings. The highest BCUT2D eigenvalue weighted by Crippen LogP contribution is 2.19. The molecule has 2 rings (SSSR count). The van der Waals surface area contributed by atoms with Crippen molar-refractivity contribution in [3.05, 3.63) is 36.5 Å². The molecule has 0 aliphatic carbocycles. The van der Waals surface area contributed by atoms with Crippen molar-refractivity contribution in [2.75, 3.05) is 18.9 Å². The minimum atomic E-state index is -3.55. The first-order chi connectivity index (χ1) is 9.13. The molecule has 0 aliphatic heterocycles. The molecule has 0 aliphatic rings. The number of hydrogen-bond acceptors (Lipinski definition) is 6. The van der Waals surface area contributed by atoms with Gasteiger partial charge in [-0.15, -0.1) is 0 Å². The van der Waals surface area contributed by atoms with Crippen molar-refractivity contribution in [1.82, 2.24) is 14.9 Å². The molecule has 0 bridgehead atoms. The van der Waals surface area contributed by atoms with Crippen LogP contribution in [-0.2, 0) is 16.4 Å². The molecular formula is C11H14N4O3S. The van der Waals surface area contributed by atoms with Crippen molar-refractivity contribution in [2.45, 2.75) is 11.3 Å². The number of anilines is 1. The SMILES string of the molecule is CNc1ccccc1S(=O)(=O)NCCc1ncon1. The van der Waals surface area contributed by atoms with Crippen LogP contribution in [0.2, 0.25) is 0 Å². The van der Waals surface area contributed by atoms with Crippen molar-refractivity contribution >= 4 is 15.7 Å². The summed E-state index contributed by atoms with van der Waals surface area (Å²) < 4.78 is 31.3. The zero-order valence-electron chi connectivity index (χ0n) is 10.3. The second-order valence-corrected chi connectivity index (χ2v) is 5.48. The average molecular weight is 282 g/mol. The van der Waals surface area contributed by atoms with Gasteiger partial charge < -0.3 is 9.84 Å². The van der Waals surface area contributed by atoms with Gasteiger partial charge in [-0.3, -0.25) is 0 Å². The summed E-state index contributed by atoms with van der Waals surface area (Å²) in [6, 6.07) is 6.69. The predicted molar refractivity (Wildman–Crippen MR) is 69.2 cm³/mol. The van der Waals surface area contributed by atoms with Crippen LogP contribution in [0.3, 0.4) is 0 Å². The number of para-hydroxylation sites is 1. The molecule has 19 heavy (non-hydrogen) atoms. The van der Waals surface area contributed by atoms with Gasteiger partial charge in [0.25, 0.3) is 0 Å². The first kappa shape index (κ1) is 13.5. The molecule has 1 aromatic heterocycles. The molecule has 1 aromatic carbocycles. The zero-order valence-corrected chi connectivity index (χ0v) is 11.1. The smallest absolute Gasteiger partial charge is 0.242 e. The highest BCUT2D eigenvalue weighted by molar-refractivity contribution is 7.89. The van der Waals surface area contributed by atoms with Crippen molar-refractivity contribution in [3.63, 3.8) is 0 Å². The lowest BCUT2D eigenvalue weighted by atomic mass is 10.3. The van der Waals surface area contributed by atoms with E-state index in [4.69, 9.17) is 0 Å². The van der Waals surface area contributed by atoms with Gasteiger partial charge in [-0.05, 0) is 12.1 Å². The Morgan fingerprint density at radius 1 is 1.32 bits per heavy atom. The minimum Gasteiger partial charge on any atom is -0.387 e. The summed E-state index contributed by atoms with van der Waals surface area (Å²) in [6.45, 7) is 0.208. The molecular weight excluding hydrogens is 268 g/mol. The first-order valence-electron chi connectivity index (χ1n) is 5.65. The van der Waals surface area contributed by atoms with Gasteiger partial charge in [0.05, 0.1) is 5.69 Å². The molecule has 0 unspecified atom stereocenters. The molecule has 0 saturated heterocycles. The zero-order chi connectivity index (χ0) is 13.7. The second-order valence-electron chi connectivity index (χ2n) is 3.74. The van der Waals surface area contributed by atoms with E-state index in [1.165, 1.54) is 6.39 Å². The summed E-state index contributed by atoms with van der Waals surface area (Å²) >= 11 is 0. The van der Waals surface area contributed by atoms with Gasteiger partial charge in [0, 0.05) is 20.0 Å². The van der Waals surface area contributed by atoms with Gasteiger partial charge >= 0.3 is 0 Å². The van der Waals surface area contributed by atoms with Gasteiger partial charge in [0.1, 0.15) is 4.90 Å². The number of nitrogens with zero attached hydrogens (tertiary/aromatic N) is 2. The number of aromatic nitrogens is 2. The third kappa shape index (κ3) is 3.30. The lowest BCUT2D eigenvalue weighted by Crippen LogP contribution is -2.26. The van der Waals surface area contributed by atoms with Crippen LogP contribution in [0.15, 0.2) is 40.1 Å². The topological polar surface area (TPSA) is 97.1 Å². The van der Waals surface area contributed by atoms with Crippen molar-refractivity contribution in [3.8, 4) is 0 Å². The Balaban J connectivity index is 2.05. The van der Waals surface area contributed by atoms with Crippen LogP contribution >= 0.6 is 0 Å². The van der Waals surface area contributed by atoms with Gasteiger partial charge in [-0.25, -0.2) is 13.1 Å². The van der Waals surface area contributed by atoms with Gasteiger partial charge in [-0.1, -0.05) is 17.3 Å². The van der Waals surface area contributed by atoms with E-state index >= 15 is 0 Å². The Morgan fingerprint density at radius 3 is 2.79 bits per heavy atom. The Kier molecular flexibility index (Phi) is 4.13. The van der Waals surface area contributed by atoms with Crippen LogP contribution in [0.5, 0.6) is 0 Å². The summed E-state index contributed by atoms with van der Waals surface area (Å²) in [6.07, 6.45) is 1.58. The summed E-state index contributed by atoms with van der Waals surface area (Å²) in [7, 11) is -1.88. The van der Waals surface area contributed by atoms with Crippen molar-refractivity contribution < 1.29 is 12.9 Å². The maximum absolute atomic E-state index is 12.1. The van der Waals surface area contributed by atoms with Crippen LogP contribution in [0.4, 0.5) is 5.69 Å². The number of rotatable bonds is 6. The Morgan fingerprint density at radius 2 is 2.11 bits per heavy atom. The molecule has 0 atom stereocenters. The van der Waals surface area contributed by atoms with Gasteiger partial charge in [0.2, 0.25) is 16.4 Å². The molecule has 2 N–H and O–H groups in total. The van der Waals surface area contributed by atoms with Gasteiger partial charge in [0.15, 0.2) is 5.82 Å². The number of hydrogen-bond donors (Lipinski definition) is 2. The monoisotopic (exact) mass is 282 g/mol. The fourth-order valence-corrected chi connectivity index (χ4v) is 2.83. The van der Waals surface area contributed by atoms with Gasteiger partial charge in [-0.2, -0.15) is 4.98 Å². The van der Waals surface area contributed by atoms with Crippen LogP contribution in [0.1, 0.15) is 5.82 Å². The molecule has 8 heteroatoms. The van der Waals surface area contributed by atoms with Crippen LogP contribution in [0.25, 0.3) is 0 Å². The largest absolute Gasteiger partial charge is 0.387 e. The number of nitrogens with one attached hydrogen (secondary N) is 2. The van der Waals surface area contributed by atoms with Crippen LogP contribution in [-0.4, -0.2) is 32.2 Å². The predicted octanol–water partition coefficient (Wildman–Crippen LogP) is 0.632. The van der Waals surface area contributed by atoms with Crippen LogP contribution < -0.4 is 10.0 Å². The Bertz CT molecular complexity index is 625. The summed E-state index contributed by atoms with van der Waals surface area (Å²) in [5.41, 5.74) is 0.551. The fourth-order valence-electron chi connectivity index (χ4n) is 1.59. The van der Waals surface area contributed by atoms with E-state index in [2.05, 4.69) is 24.7 Å². The third-order valence-corrected chi connectivity index (χ3v) is 4.01. The Hall–Kier alpha value is -1.93. The highest BCUT2D eigenvalue weighted by Gasteiger charge is 2.17. The fraction of sp³-hybridized carbons (Fsp3) is 0.273. The van der Waals surface area contributed by atoms with Crippen molar-refractivity contribution in [2.24, 2.45) is 0 Å². The normalized spacial score (nSPS) is 11.4. The molecule has 0 spiro atoms. The molecule has 0 radical (unpaired) electrons. The molecule has 102 valence electrons. The van der Waals surface area contributed by atoms with E-state index in [-0.39, 0.29) is 11.4 Å². The van der Waals surface area contributed by atoms with Crippen molar-refractivity contribution in [1.29, 1.82) is 0 Å². The summed E-state index contributed by atoms with van der Waals surface area (Å²) in [4.78, 5) is 4.03. The van der Waals surface area contributed by atoms with E-state index < -0.39 is 10.0 Å². The average Bonchev–Trinajstić information content (AvgIpc) is 2.91. The molecule has 0 amide bonds. The third-order valence-electron chi connectivity index (χ3n) is 2.49. The number of sulfonamides is 1. The van der Waals surface area contributed by atoms with Crippen LogP contribution in [0, 0.1) is 0 Å². The first-order valence-corrected chi connectivity index (χ1v) is 7.13. The summed E-state index contributed by atoms with van der Waals surface area (Å²) in [5.74, 6) is 0.463. The molecule has 0 saturated carbocycles. The van der Waals surface area contributed by atoms with E-state index in [0.29, 0.717) is 17.9 Å². The molecule has 1 heterocycles. The summed E-state index contributed by atoms with van der Waals surface area (Å²) in [5, 5.41) is 6.46. The second kappa shape index (κ2) is 5.81. The van der Waals surface area contributed by atoms with E-state index in [9.17, 15) is 8.42 Å². The minimum absolute atomic E-state index is 0.208. The quantitative estimate of drug-likeness (QED) is 0.806. The lowest BCUT2D eigenvalue weighted by molar-refractivity contribution is 0.410.